The van der Waals surface area contributed by atoms with Gasteiger partial charge < -0.3 is 15.1 Å². The molecule has 0 aliphatic carbocycles. The molecular weight excluding hydrogens is 319 g/mol. The topological polar surface area (TPSA) is 44.3 Å². The summed E-state index contributed by atoms with van der Waals surface area (Å²) < 4.78 is 38.8. The van der Waals surface area contributed by atoms with Gasteiger partial charge in [-0.15, -0.1) is 0 Å². The molecule has 1 aliphatic heterocycles. The van der Waals surface area contributed by atoms with Gasteiger partial charge >= 0.3 is 6.18 Å². The van der Waals surface area contributed by atoms with Crippen molar-refractivity contribution in [1.29, 1.82) is 0 Å². The van der Waals surface area contributed by atoms with Gasteiger partial charge in [-0.05, 0) is 44.8 Å². The van der Waals surface area contributed by atoms with E-state index in [9.17, 15) is 13.2 Å². The van der Waals surface area contributed by atoms with Crippen LogP contribution in [0, 0.1) is 5.92 Å². The zero-order valence-electron chi connectivity index (χ0n) is 14.5. The van der Waals surface area contributed by atoms with Crippen LogP contribution in [0.1, 0.15) is 31.9 Å². The van der Waals surface area contributed by atoms with Crippen molar-refractivity contribution >= 4 is 11.8 Å². The Morgan fingerprint density at radius 1 is 1.25 bits per heavy atom. The number of hydrogen-bond acceptors (Lipinski definition) is 5. The van der Waals surface area contributed by atoms with E-state index in [2.05, 4.69) is 27.1 Å². The second-order valence-corrected chi connectivity index (χ2v) is 6.63. The molecule has 0 spiro atoms. The average molecular weight is 345 g/mol. The number of hydrogen-bond donors (Lipinski definition) is 1. The molecule has 2 rings (SSSR count). The van der Waals surface area contributed by atoms with Gasteiger partial charge in [-0.25, -0.2) is 4.98 Å². The van der Waals surface area contributed by atoms with E-state index in [0.717, 1.165) is 38.0 Å². The lowest BCUT2D eigenvalue weighted by Crippen LogP contribution is -2.34. The van der Waals surface area contributed by atoms with Crippen LogP contribution in [0.15, 0.2) is 6.07 Å². The van der Waals surface area contributed by atoms with Crippen LogP contribution in [-0.2, 0) is 6.18 Å². The van der Waals surface area contributed by atoms with Gasteiger partial charge in [-0.3, -0.25) is 0 Å². The highest BCUT2D eigenvalue weighted by molar-refractivity contribution is 5.44. The van der Waals surface area contributed by atoms with Crippen molar-refractivity contribution in [2.75, 3.05) is 50.5 Å². The summed E-state index contributed by atoms with van der Waals surface area (Å²) in [5.41, 5.74) is -0.922. The van der Waals surface area contributed by atoms with E-state index in [1.807, 2.05) is 0 Å². The maximum Gasteiger partial charge on any atom is 0.433 e. The molecule has 136 valence electrons. The zero-order valence-corrected chi connectivity index (χ0v) is 14.5. The Bertz CT molecular complexity index is 525. The third-order valence-corrected chi connectivity index (χ3v) is 4.27. The molecule has 0 unspecified atom stereocenters. The smallest absolute Gasteiger partial charge is 0.363 e. The Kier molecular flexibility index (Phi) is 6.26. The van der Waals surface area contributed by atoms with E-state index in [0.29, 0.717) is 6.54 Å². The molecule has 0 saturated carbocycles. The van der Waals surface area contributed by atoms with Crippen molar-refractivity contribution in [1.82, 2.24) is 14.9 Å². The van der Waals surface area contributed by atoms with Crippen LogP contribution in [0.25, 0.3) is 0 Å². The largest absolute Gasteiger partial charge is 0.433 e. The van der Waals surface area contributed by atoms with E-state index in [1.54, 1.807) is 14.1 Å². The monoisotopic (exact) mass is 345 g/mol. The van der Waals surface area contributed by atoms with E-state index in [1.165, 1.54) is 17.7 Å². The van der Waals surface area contributed by atoms with Gasteiger partial charge in [0.1, 0.15) is 5.82 Å². The molecule has 1 N–H and O–H groups in total. The molecular formula is C16H26F3N5. The van der Waals surface area contributed by atoms with Gasteiger partial charge in [0, 0.05) is 26.7 Å². The predicted octanol–water partition coefficient (Wildman–Crippen LogP) is 3.10. The van der Waals surface area contributed by atoms with Crippen molar-refractivity contribution in [3.8, 4) is 0 Å². The van der Waals surface area contributed by atoms with E-state index < -0.39 is 11.9 Å². The Morgan fingerprint density at radius 2 is 1.92 bits per heavy atom. The first-order chi connectivity index (χ1) is 11.3. The number of piperidine rings is 1. The summed E-state index contributed by atoms with van der Waals surface area (Å²) in [5.74, 6) is 1.06. The minimum atomic E-state index is -4.48. The van der Waals surface area contributed by atoms with Gasteiger partial charge in [0.25, 0.3) is 0 Å². The highest BCUT2D eigenvalue weighted by Crippen LogP contribution is 2.30. The first kappa shape index (κ1) is 18.8. The fraction of sp³-hybridized carbons (Fsp3) is 0.750. The Morgan fingerprint density at radius 3 is 2.50 bits per heavy atom. The van der Waals surface area contributed by atoms with Crippen LogP contribution in [-0.4, -0.2) is 55.1 Å². The molecule has 1 fully saturated rings. The minimum Gasteiger partial charge on any atom is -0.363 e. The van der Waals surface area contributed by atoms with Crippen molar-refractivity contribution in [3.63, 3.8) is 0 Å². The van der Waals surface area contributed by atoms with Crippen molar-refractivity contribution in [2.24, 2.45) is 5.92 Å². The Labute approximate surface area is 141 Å². The number of aromatic nitrogens is 2. The first-order valence-electron chi connectivity index (χ1n) is 8.35. The van der Waals surface area contributed by atoms with Crippen LogP contribution in [0.3, 0.4) is 0 Å². The summed E-state index contributed by atoms with van der Waals surface area (Å²) in [6.07, 6.45) is -1.19. The number of alkyl halides is 3. The molecule has 0 atom stereocenters. The van der Waals surface area contributed by atoms with Crippen molar-refractivity contribution < 1.29 is 13.2 Å². The van der Waals surface area contributed by atoms with Crippen LogP contribution in [0.5, 0.6) is 0 Å². The molecule has 0 amide bonds. The van der Waals surface area contributed by atoms with Gasteiger partial charge in [0.2, 0.25) is 5.95 Å². The lowest BCUT2D eigenvalue weighted by molar-refractivity contribution is -0.141. The number of nitrogens with zero attached hydrogens (tertiary/aromatic N) is 4. The number of rotatable bonds is 6. The summed E-state index contributed by atoms with van der Waals surface area (Å²) in [7, 11) is 3.31. The summed E-state index contributed by atoms with van der Waals surface area (Å²) >= 11 is 0. The van der Waals surface area contributed by atoms with Gasteiger partial charge in [0.15, 0.2) is 5.69 Å². The first-order valence-corrected chi connectivity index (χ1v) is 8.35. The third-order valence-electron chi connectivity index (χ3n) is 4.27. The highest BCUT2D eigenvalue weighted by Gasteiger charge is 2.34. The van der Waals surface area contributed by atoms with Crippen LogP contribution in [0.2, 0.25) is 0 Å². The second-order valence-electron chi connectivity index (χ2n) is 6.63. The summed E-state index contributed by atoms with van der Waals surface area (Å²) in [4.78, 5) is 11.7. The summed E-state index contributed by atoms with van der Waals surface area (Å²) in [6, 6.07) is 0.958. The van der Waals surface area contributed by atoms with E-state index in [-0.39, 0.29) is 11.8 Å². The molecule has 2 heterocycles. The Balaban J connectivity index is 1.88. The minimum absolute atomic E-state index is 0.0285. The standard InChI is InChI=1S/C16H26F3N5/c1-12-5-9-24(10-6-12)8-4-7-20-15-21-13(16(17,18)19)11-14(22-15)23(2)3/h11-12H,4-10H2,1-3H3,(H,20,21,22). The summed E-state index contributed by atoms with van der Waals surface area (Å²) in [5, 5.41) is 2.93. The fourth-order valence-electron chi connectivity index (χ4n) is 2.68. The molecule has 1 saturated heterocycles. The van der Waals surface area contributed by atoms with Gasteiger partial charge in [0.05, 0.1) is 0 Å². The molecule has 0 radical (unpaired) electrons. The number of nitrogens with one attached hydrogen (secondary N) is 1. The normalized spacial score (nSPS) is 17.1. The van der Waals surface area contributed by atoms with Crippen LogP contribution >= 0.6 is 0 Å². The van der Waals surface area contributed by atoms with Crippen LogP contribution < -0.4 is 10.2 Å². The molecule has 0 bridgehead atoms. The number of halogens is 3. The fourth-order valence-corrected chi connectivity index (χ4v) is 2.68. The van der Waals surface area contributed by atoms with Gasteiger partial charge in [-0.1, -0.05) is 6.92 Å². The maximum absolute atomic E-state index is 12.9. The maximum atomic E-state index is 12.9. The van der Waals surface area contributed by atoms with Crippen molar-refractivity contribution in [3.05, 3.63) is 11.8 Å². The van der Waals surface area contributed by atoms with E-state index >= 15 is 0 Å². The Hall–Kier alpha value is -1.57. The molecule has 1 aromatic rings. The average Bonchev–Trinajstić information content (AvgIpc) is 2.52. The SMILES string of the molecule is CC1CCN(CCCNc2nc(N(C)C)cc(C(F)(F)F)n2)CC1. The van der Waals surface area contributed by atoms with E-state index in [4.69, 9.17) is 0 Å². The quantitative estimate of drug-likeness (QED) is 0.803. The number of likely N-dealkylation sites (tertiary alicyclic amines) is 1. The molecule has 24 heavy (non-hydrogen) atoms. The summed E-state index contributed by atoms with van der Waals surface area (Å²) in [6.45, 7) is 5.98. The third kappa shape index (κ3) is 5.51. The lowest BCUT2D eigenvalue weighted by atomic mass is 9.99. The van der Waals surface area contributed by atoms with Crippen LogP contribution in [0.4, 0.5) is 24.9 Å². The molecule has 1 aromatic heterocycles. The highest BCUT2D eigenvalue weighted by atomic mass is 19.4. The van der Waals surface area contributed by atoms with Gasteiger partial charge in [-0.2, -0.15) is 18.2 Å². The lowest BCUT2D eigenvalue weighted by Gasteiger charge is -2.30. The molecule has 5 nitrogen and oxygen atoms in total. The predicted molar refractivity (Wildman–Crippen MR) is 89.3 cm³/mol. The zero-order chi connectivity index (χ0) is 17.7. The van der Waals surface area contributed by atoms with Crippen molar-refractivity contribution in [2.45, 2.75) is 32.4 Å². The molecule has 1 aliphatic rings. The second kappa shape index (κ2) is 8.00. The number of anilines is 2. The molecule has 8 heteroatoms. The molecule has 0 aromatic carbocycles.